The molecule has 0 saturated heterocycles. The van der Waals surface area contributed by atoms with Gasteiger partial charge in [-0.2, -0.15) is 5.10 Å². The van der Waals surface area contributed by atoms with E-state index in [9.17, 15) is 4.79 Å². The van der Waals surface area contributed by atoms with Crippen LogP contribution in [0.2, 0.25) is 5.02 Å². The van der Waals surface area contributed by atoms with Gasteiger partial charge >= 0.3 is 0 Å². The highest BCUT2D eigenvalue weighted by Crippen LogP contribution is 2.51. The fourth-order valence-corrected chi connectivity index (χ4v) is 2.44. The Kier molecular flexibility index (Phi) is 3.90. The lowest BCUT2D eigenvalue weighted by atomic mass is 10.1. The van der Waals surface area contributed by atoms with Crippen LogP contribution in [0.4, 0.5) is 5.69 Å². The molecule has 1 heterocycles. The molecule has 1 unspecified atom stereocenters. The lowest BCUT2D eigenvalue weighted by Crippen LogP contribution is -2.26. The van der Waals surface area contributed by atoms with E-state index in [1.165, 1.54) is 11.1 Å². The average molecular weight is 284 g/mol. The van der Waals surface area contributed by atoms with Crippen LogP contribution in [0.3, 0.4) is 0 Å². The molecule has 1 N–H and O–H groups in total. The Balaban J connectivity index is 2.06. The van der Waals surface area contributed by atoms with Crippen LogP contribution < -0.4 is 10.9 Å². The molecule has 1 fully saturated rings. The normalized spacial score (nSPS) is 20.6. The summed E-state index contributed by atoms with van der Waals surface area (Å²) in [5.74, 6) is 1.02. The Bertz CT molecular complexity index is 522. The highest BCUT2D eigenvalue weighted by atomic mass is 35.5. The fourth-order valence-electron chi connectivity index (χ4n) is 2.22. The van der Waals surface area contributed by atoms with Gasteiger partial charge in [0.15, 0.2) is 0 Å². The van der Waals surface area contributed by atoms with Crippen molar-refractivity contribution in [2.45, 2.75) is 40.7 Å². The van der Waals surface area contributed by atoms with Crippen LogP contribution in [0, 0.1) is 17.3 Å². The molecule has 0 bridgehead atoms. The third-order valence-corrected chi connectivity index (χ3v) is 4.14. The first kappa shape index (κ1) is 14.4. The van der Waals surface area contributed by atoms with Crippen molar-refractivity contribution < 1.29 is 0 Å². The largest absolute Gasteiger partial charge is 0.382 e. The van der Waals surface area contributed by atoms with Crippen molar-refractivity contribution in [2.75, 3.05) is 11.9 Å². The van der Waals surface area contributed by atoms with E-state index in [-0.39, 0.29) is 10.6 Å². The molecule has 19 heavy (non-hydrogen) atoms. The van der Waals surface area contributed by atoms with Crippen molar-refractivity contribution in [3.8, 4) is 0 Å². The van der Waals surface area contributed by atoms with Gasteiger partial charge in [-0.15, -0.1) is 0 Å². The van der Waals surface area contributed by atoms with Crippen molar-refractivity contribution in [1.29, 1.82) is 0 Å². The maximum Gasteiger partial charge on any atom is 0.287 e. The molecule has 1 saturated carbocycles. The molecule has 1 aliphatic rings. The standard InChI is InChI=1S/C14H22ClN3O/c1-9(2)8-18-13(19)12(15)11(7-17-18)16-6-10-5-14(10,3)4/h7,9-10,16H,5-6,8H2,1-4H3. The molecule has 1 aliphatic carbocycles. The molecule has 0 aliphatic heterocycles. The lowest BCUT2D eigenvalue weighted by Gasteiger charge is -2.12. The number of nitrogens with zero attached hydrogens (tertiary/aromatic N) is 2. The van der Waals surface area contributed by atoms with Gasteiger partial charge in [-0.25, -0.2) is 4.68 Å². The Hall–Kier alpha value is -1.03. The Morgan fingerprint density at radius 2 is 2.21 bits per heavy atom. The topological polar surface area (TPSA) is 46.9 Å². The van der Waals surface area contributed by atoms with Crippen molar-refractivity contribution in [3.05, 3.63) is 21.6 Å². The number of nitrogens with one attached hydrogen (secondary N) is 1. The summed E-state index contributed by atoms with van der Waals surface area (Å²) >= 11 is 6.12. The summed E-state index contributed by atoms with van der Waals surface area (Å²) in [6, 6.07) is 0. The maximum atomic E-state index is 12.0. The molecule has 5 heteroatoms. The summed E-state index contributed by atoms with van der Waals surface area (Å²) < 4.78 is 1.43. The highest BCUT2D eigenvalue weighted by molar-refractivity contribution is 6.32. The average Bonchev–Trinajstić information content (AvgIpc) is 2.92. The van der Waals surface area contributed by atoms with Gasteiger partial charge in [0.2, 0.25) is 0 Å². The Morgan fingerprint density at radius 1 is 1.58 bits per heavy atom. The molecule has 0 amide bonds. The molecular weight excluding hydrogens is 262 g/mol. The van der Waals surface area contributed by atoms with Gasteiger partial charge in [0.25, 0.3) is 5.56 Å². The van der Waals surface area contributed by atoms with E-state index >= 15 is 0 Å². The van der Waals surface area contributed by atoms with Gasteiger partial charge in [-0.05, 0) is 23.7 Å². The van der Waals surface area contributed by atoms with Gasteiger partial charge in [0.05, 0.1) is 11.9 Å². The second-order valence-corrected chi connectivity index (χ2v) is 6.90. The van der Waals surface area contributed by atoms with Crippen LogP contribution in [0.1, 0.15) is 34.1 Å². The summed E-state index contributed by atoms with van der Waals surface area (Å²) in [7, 11) is 0. The summed E-state index contributed by atoms with van der Waals surface area (Å²) in [4.78, 5) is 12.0. The van der Waals surface area contributed by atoms with Gasteiger partial charge < -0.3 is 5.32 Å². The van der Waals surface area contributed by atoms with Crippen LogP contribution in [-0.4, -0.2) is 16.3 Å². The number of rotatable bonds is 5. The molecule has 0 aromatic carbocycles. The fraction of sp³-hybridized carbons (Fsp3) is 0.714. The van der Waals surface area contributed by atoms with Crippen molar-refractivity contribution in [3.63, 3.8) is 0 Å². The summed E-state index contributed by atoms with van der Waals surface area (Å²) in [6.45, 7) is 10.0. The van der Waals surface area contributed by atoms with E-state index in [0.29, 0.717) is 29.5 Å². The van der Waals surface area contributed by atoms with Crippen LogP contribution in [0.5, 0.6) is 0 Å². The molecule has 0 radical (unpaired) electrons. The molecule has 2 rings (SSSR count). The van der Waals surface area contributed by atoms with Crippen molar-refractivity contribution in [2.24, 2.45) is 17.3 Å². The first-order chi connectivity index (χ1) is 8.81. The van der Waals surface area contributed by atoms with Gasteiger partial charge in [-0.1, -0.05) is 39.3 Å². The van der Waals surface area contributed by atoms with E-state index in [2.05, 4.69) is 24.3 Å². The molecule has 1 aromatic heterocycles. The zero-order valence-corrected chi connectivity index (χ0v) is 12.8. The van der Waals surface area contributed by atoms with Crippen molar-refractivity contribution in [1.82, 2.24) is 9.78 Å². The first-order valence-corrected chi connectivity index (χ1v) is 7.18. The van der Waals surface area contributed by atoms with E-state index < -0.39 is 0 Å². The Morgan fingerprint density at radius 3 is 2.74 bits per heavy atom. The quantitative estimate of drug-likeness (QED) is 0.904. The predicted molar refractivity (Wildman–Crippen MR) is 78.7 cm³/mol. The van der Waals surface area contributed by atoms with Crippen LogP contribution in [0.15, 0.2) is 11.0 Å². The Labute approximate surface area is 119 Å². The summed E-state index contributed by atoms with van der Waals surface area (Å²) in [5.41, 5.74) is 0.851. The predicted octanol–water partition coefficient (Wildman–Crippen LogP) is 3.01. The minimum atomic E-state index is -0.213. The van der Waals surface area contributed by atoms with Crippen molar-refractivity contribution >= 4 is 17.3 Å². The number of hydrogen-bond donors (Lipinski definition) is 1. The summed E-state index contributed by atoms with van der Waals surface area (Å²) in [5, 5.41) is 7.66. The summed E-state index contributed by atoms with van der Waals surface area (Å²) in [6.07, 6.45) is 2.87. The minimum absolute atomic E-state index is 0.213. The molecule has 1 atom stereocenters. The number of anilines is 1. The molecule has 106 valence electrons. The second kappa shape index (κ2) is 5.16. The van der Waals surface area contributed by atoms with E-state index in [1.54, 1.807) is 6.20 Å². The van der Waals surface area contributed by atoms with E-state index in [1.807, 2.05) is 13.8 Å². The second-order valence-electron chi connectivity index (χ2n) is 6.52. The number of aromatic nitrogens is 2. The van der Waals surface area contributed by atoms with Crippen LogP contribution >= 0.6 is 11.6 Å². The molecule has 0 spiro atoms. The zero-order chi connectivity index (χ0) is 14.2. The van der Waals surface area contributed by atoms with E-state index in [0.717, 1.165) is 6.54 Å². The number of halogens is 1. The third kappa shape index (κ3) is 3.30. The SMILES string of the molecule is CC(C)Cn1ncc(NCC2CC2(C)C)c(Cl)c1=O. The van der Waals surface area contributed by atoms with Gasteiger partial charge in [-0.3, -0.25) is 4.79 Å². The van der Waals surface area contributed by atoms with Crippen LogP contribution in [0.25, 0.3) is 0 Å². The zero-order valence-electron chi connectivity index (χ0n) is 12.0. The molecular formula is C14H22ClN3O. The first-order valence-electron chi connectivity index (χ1n) is 6.81. The number of hydrogen-bond acceptors (Lipinski definition) is 3. The van der Waals surface area contributed by atoms with Gasteiger partial charge in [0.1, 0.15) is 5.02 Å². The maximum absolute atomic E-state index is 12.0. The van der Waals surface area contributed by atoms with E-state index in [4.69, 9.17) is 11.6 Å². The monoisotopic (exact) mass is 283 g/mol. The molecule has 4 nitrogen and oxygen atoms in total. The minimum Gasteiger partial charge on any atom is -0.382 e. The lowest BCUT2D eigenvalue weighted by molar-refractivity contribution is 0.464. The highest BCUT2D eigenvalue weighted by Gasteiger charge is 2.45. The smallest absolute Gasteiger partial charge is 0.287 e. The third-order valence-electron chi connectivity index (χ3n) is 3.78. The van der Waals surface area contributed by atoms with Gasteiger partial charge in [0, 0.05) is 13.1 Å². The molecule has 1 aromatic rings. The van der Waals surface area contributed by atoms with Crippen LogP contribution in [-0.2, 0) is 6.54 Å².